The fraction of sp³-hybridized carbons (Fsp3) is 0.350. The van der Waals surface area contributed by atoms with Crippen molar-refractivity contribution in [1.29, 1.82) is 0 Å². The van der Waals surface area contributed by atoms with Gasteiger partial charge in [-0.3, -0.25) is 0 Å². The van der Waals surface area contributed by atoms with Gasteiger partial charge in [0.2, 0.25) is 0 Å². The van der Waals surface area contributed by atoms with Gasteiger partial charge < -0.3 is 14.4 Å². The van der Waals surface area contributed by atoms with E-state index in [1.54, 1.807) is 6.07 Å². The van der Waals surface area contributed by atoms with E-state index >= 15 is 4.39 Å². The molecule has 1 heterocycles. The number of fused-ring (bicyclic) bond motifs is 2. The predicted molar refractivity (Wildman–Crippen MR) is 116 cm³/mol. The summed E-state index contributed by atoms with van der Waals surface area (Å²) in [7, 11) is -1.82. The molecule has 0 fully saturated rings. The van der Waals surface area contributed by atoms with Crippen molar-refractivity contribution in [1.82, 2.24) is 4.90 Å². The number of benzene rings is 2. The number of ether oxygens (including phenoxy) is 2. The van der Waals surface area contributed by atoms with Gasteiger partial charge in [-0.15, -0.1) is 0 Å². The van der Waals surface area contributed by atoms with Gasteiger partial charge >= 0.3 is 0 Å². The third-order valence-electron chi connectivity index (χ3n) is 4.44. The Labute approximate surface area is 170 Å². The number of rotatable bonds is 4. The number of hydrogen-bond donors (Lipinski definition) is 0. The first-order chi connectivity index (χ1) is 12.8. The van der Waals surface area contributed by atoms with E-state index in [0.29, 0.717) is 28.9 Å². The predicted octanol–water partition coefficient (Wildman–Crippen LogP) is 5.63. The van der Waals surface area contributed by atoms with Crippen molar-refractivity contribution in [2.24, 2.45) is 0 Å². The van der Waals surface area contributed by atoms with Crippen molar-refractivity contribution in [3.05, 3.63) is 36.1 Å². The Morgan fingerprint density at radius 3 is 2.52 bits per heavy atom. The maximum absolute atomic E-state index is 15.4. The lowest BCUT2D eigenvalue weighted by molar-refractivity contribution is 0.363. The molecular weight excluding hydrogens is 397 g/mol. The fourth-order valence-corrected chi connectivity index (χ4v) is 5.77. The molecule has 2 aromatic rings. The highest BCUT2D eigenvalue weighted by molar-refractivity contribution is 7.99. The Morgan fingerprint density at radius 1 is 1.22 bits per heavy atom. The molecule has 27 heavy (non-hydrogen) atoms. The quantitative estimate of drug-likeness (QED) is 0.401. The van der Waals surface area contributed by atoms with Gasteiger partial charge in [0.1, 0.15) is 11.5 Å². The van der Waals surface area contributed by atoms with E-state index in [-0.39, 0.29) is 5.75 Å². The van der Waals surface area contributed by atoms with E-state index in [1.807, 2.05) is 43.0 Å². The molecule has 7 heteroatoms. The maximum atomic E-state index is 15.4. The first-order valence-corrected chi connectivity index (χ1v) is 13.8. The molecule has 0 aromatic heterocycles. The highest BCUT2D eigenvalue weighted by Crippen LogP contribution is 2.49. The second-order valence-electron chi connectivity index (χ2n) is 7.34. The van der Waals surface area contributed by atoms with Crippen LogP contribution >= 0.6 is 24.0 Å². The van der Waals surface area contributed by atoms with E-state index in [2.05, 4.69) is 19.6 Å². The molecule has 3 rings (SSSR count). The Kier molecular flexibility index (Phi) is 5.84. The molecule has 0 N–H and O–H groups in total. The summed E-state index contributed by atoms with van der Waals surface area (Å²) in [5.74, 6) is 1.15. The van der Waals surface area contributed by atoms with Crippen LogP contribution in [0.4, 0.5) is 4.39 Å². The number of para-hydroxylation sites is 1. The summed E-state index contributed by atoms with van der Waals surface area (Å²) < 4.78 is 27.3. The Bertz CT molecular complexity index is 879. The standard InChI is InChI=1S/C20H24FNO2S2Si/c1-6-22(7-2)20(25)24-14-12-16(27(3,4)5)18-19(17(14)21)26-15-11-9-8-10-13(15)23-18/h8-12H,6-7H2,1-5H3. The molecule has 1 aliphatic heterocycles. The van der Waals surface area contributed by atoms with E-state index < -0.39 is 13.9 Å². The molecule has 0 amide bonds. The largest absolute Gasteiger partial charge is 0.455 e. The zero-order valence-electron chi connectivity index (χ0n) is 16.3. The van der Waals surface area contributed by atoms with Gasteiger partial charge in [-0.05, 0) is 49.5 Å². The molecule has 0 aliphatic carbocycles. The Balaban J connectivity index is 2.09. The molecule has 0 saturated heterocycles. The normalized spacial score (nSPS) is 12.7. The summed E-state index contributed by atoms with van der Waals surface area (Å²) in [4.78, 5) is 3.27. The zero-order chi connectivity index (χ0) is 19.8. The number of thiocarbonyl (C=S) groups is 1. The van der Waals surface area contributed by atoms with E-state index in [1.165, 1.54) is 11.8 Å². The molecule has 0 radical (unpaired) electrons. The topological polar surface area (TPSA) is 21.7 Å². The van der Waals surface area contributed by atoms with Gasteiger partial charge in [0, 0.05) is 13.1 Å². The molecule has 0 unspecified atom stereocenters. The Morgan fingerprint density at radius 2 is 1.89 bits per heavy atom. The van der Waals surface area contributed by atoms with E-state index in [4.69, 9.17) is 21.7 Å². The van der Waals surface area contributed by atoms with Crippen LogP contribution in [0.1, 0.15) is 13.8 Å². The molecule has 2 aromatic carbocycles. The monoisotopic (exact) mass is 421 g/mol. The van der Waals surface area contributed by atoms with Crippen LogP contribution < -0.4 is 14.7 Å². The highest BCUT2D eigenvalue weighted by Gasteiger charge is 2.32. The average Bonchev–Trinajstić information content (AvgIpc) is 2.62. The minimum absolute atomic E-state index is 0.179. The van der Waals surface area contributed by atoms with Crippen molar-refractivity contribution < 1.29 is 13.9 Å². The van der Waals surface area contributed by atoms with Crippen LogP contribution in [0, 0.1) is 5.82 Å². The third-order valence-corrected chi connectivity index (χ3v) is 7.90. The van der Waals surface area contributed by atoms with Crippen LogP contribution in [0.25, 0.3) is 0 Å². The van der Waals surface area contributed by atoms with Gasteiger partial charge in [0.15, 0.2) is 11.6 Å². The minimum atomic E-state index is -1.82. The molecule has 3 nitrogen and oxygen atoms in total. The fourth-order valence-electron chi connectivity index (χ4n) is 2.90. The summed E-state index contributed by atoms with van der Waals surface area (Å²) in [6, 6.07) is 9.48. The van der Waals surface area contributed by atoms with Crippen molar-refractivity contribution in [3.63, 3.8) is 0 Å². The summed E-state index contributed by atoms with van der Waals surface area (Å²) in [6.07, 6.45) is 0. The third kappa shape index (κ3) is 4.00. The van der Waals surface area contributed by atoms with Crippen LogP contribution in [-0.4, -0.2) is 31.2 Å². The van der Waals surface area contributed by atoms with Crippen LogP contribution in [0.2, 0.25) is 19.6 Å². The van der Waals surface area contributed by atoms with Crippen LogP contribution in [0.15, 0.2) is 40.1 Å². The number of nitrogens with zero attached hydrogens (tertiary/aromatic N) is 1. The first kappa shape index (κ1) is 20.2. The summed E-state index contributed by atoms with van der Waals surface area (Å²) in [6.45, 7) is 12.1. The summed E-state index contributed by atoms with van der Waals surface area (Å²) >= 11 is 6.77. The molecule has 0 atom stereocenters. The van der Waals surface area contributed by atoms with Gasteiger partial charge in [-0.1, -0.05) is 43.5 Å². The summed E-state index contributed by atoms with van der Waals surface area (Å²) in [5.41, 5.74) is 0. The number of hydrogen-bond acceptors (Lipinski definition) is 4. The molecule has 144 valence electrons. The molecule has 0 saturated carbocycles. The smallest absolute Gasteiger partial charge is 0.264 e. The van der Waals surface area contributed by atoms with E-state index in [9.17, 15) is 0 Å². The van der Waals surface area contributed by atoms with Gasteiger partial charge in [0.25, 0.3) is 5.17 Å². The van der Waals surface area contributed by atoms with Gasteiger partial charge in [-0.25, -0.2) is 4.39 Å². The maximum Gasteiger partial charge on any atom is 0.264 e. The minimum Gasteiger partial charge on any atom is -0.455 e. The second-order valence-corrected chi connectivity index (χ2v) is 13.8. The number of halogens is 1. The molecule has 0 bridgehead atoms. The molecule has 1 aliphatic rings. The van der Waals surface area contributed by atoms with Gasteiger partial charge in [0.05, 0.1) is 17.9 Å². The van der Waals surface area contributed by atoms with Crippen LogP contribution in [0.3, 0.4) is 0 Å². The van der Waals surface area contributed by atoms with Crippen molar-refractivity contribution in [3.8, 4) is 17.2 Å². The van der Waals surface area contributed by atoms with Crippen molar-refractivity contribution in [2.45, 2.75) is 43.3 Å². The highest BCUT2D eigenvalue weighted by atomic mass is 32.2. The average molecular weight is 422 g/mol. The van der Waals surface area contributed by atoms with Gasteiger partial charge in [-0.2, -0.15) is 0 Å². The lowest BCUT2D eigenvalue weighted by Crippen LogP contribution is -2.40. The molecule has 0 spiro atoms. The molecular formula is C20H24FNO2S2Si. The second kappa shape index (κ2) is 7.81. The van der Waals surface area contributed by atoms with Crippen LogP contribution in [0.5, 0.6) is 17.2 Å². The van der Waals surface area contributed by atoms with Crippen molar-refractivity contribution in [2.75, 3.05) is 13.1 Å². The SMILES string of the molecule is CCN(CC)C(=S)Oc1cc([Si](C)(C)C)c2c(c1F)Sc1ccccc1O2. The first-order valence-electron chi connectivity index (χ1n) is 9.04. The van der Waals surface area contributed by atoms with Crippen LogP contribution in [-0.2, 0) is 0 Å². The Hall–Kier alpha value is -1.57. The lowest BCUT2D eigenvalue weighted by atomic mass is 10.3. The lowest BCUT2D eigenvalue weighted by Gasteiger charge is -2.29. The van der Waals surface area contributed by atoms with E-state index in [0.717, 1.165) is 15.8 Å². The van der Waals surface area contributed by atoms with Crippen molar-refractivity contribution >= 4 is 42.4 Å². The zero-order valence-corrected chi connectivity index (χ0v) is 18.9. The summed E-state index contributed by atoms with van der Waals surface area (Å²) in [5, 5.41) is 1.32.